The van der Waals surface area contributed by atoms with Crippen LogP contribution in [0.15, 0.2) is 27.3 Å². The van der Waals surface area contributed by atoms with E-state index >= 15 is 0 Å². The summed E-state index contributed by atoms with van der Waals surface area (Å²) in [6.45, 7) is 0. The lowest BCUT2D eigenvalue weighted by atomic mass is 10.1. The molecule has 1 aromatic carbocycles. The number of benzene rings is 1. The highest BCUT2D eigenvalue weighted by Crippen LogP contribution is 2.38. The number of hydrogen-bond donors (Lipinski definition) is 2. The number of carboxylic acids is 1. The van der Waals surface area contributed by atoms with Crippen LogP contribution in [0.1, 0.15) is 11.7 Å². The van der Waals surface area contributed by atoms with Crippen molar-refractivity contribution in [3.63, 3.8) is 0 Å². The minimum atomic E-state index is -1.61. The van der Waals surface area contributed by atoms with Gasteiger partial charge in [0.1, 0.15) is 0 Å². The van der Waals surface area contributed by atoms with Crippen LogP contribution in [0.5, 0.6) is 5.75 Å². The number of carboxylic acid groups (broad SMARTS) is 1. The van der Waals surface area contributed by atoms with Gasteiger partial charge in [0.25, 0.3) is 0 Å². The number of aliphatic hydroxyl groups is 1. The molecule has 0 aliphatic heterocycles. The van der Waals surface area contributed by atoms with Crippen LogP contribution in [-0.4, -0.2) is 23.3 Å². The molecule has 0 spiro atoms. The first-order valence-corrected chi connectivity index (χ1v) is 5.50. The van der Waals surface area contributed by atoms with E-state index in [1.807, 2.05) is 0 Å². The molecule has 0 fully saturated rings. The predicted octanol–water partition coefficient (Wildman–Crippen LogP) is 2.32. The van der Waals surface area contributed by atoms with Gasteiger partial charge in [-0.1, -0.05) is 0 Å². The zero-order chi connectivity index (χ0) is 12.6. The summed E-state index contributed by atoms with van der Waals surface area (Å²) in [5.74, 6) is -0.945. The van der Waals surface area contributed by atoms with Gasteiger partial charge in [-0.3, -0.25) is 0 Å². The molecule has 17 heavy (non-hydrogen) atoms. The van der Waals surface area contributed by atoms with Crippen molar-refractivity contribution in [2.75, 3.05) is 7.11 Å². The SMILES string of the molecule is COc1cc(C(O)C(=O)O)c(Br)c2ccoc12. The molecule has 0 radical (unpaired) electrons. The lowest BCUT2D eigenvalue weighted by Crippen LogP contribution is -2.11. The molecule has 0 saturated heterocycles. The quantitative estimate of drug-likeness (QED) is 0.909. The van der Waals surface area contributed by atoms with E-state index in [4.69, 9.17) is 14.3 Å². The molecule has 2 N–H and O–H groups in total. The number of halogens is 1. The molecule has 0 bridgehead atoms. The Morgan fingerprint density at radius 2 is 2.29 bits per heavy atom. The number of hydrogen-bond acceptors (Lipinski definition) is 4. The molecule has 2 rings (SSSR count). The number of aliphatic carboxylic acids is 1. The van der Waals surface area contributed by atoms with E-state index < -0.39 is 12.1 Å². The topological polar surface area (TPSA) is 79.9 Å². The Bertz CT molecular complexity index is 574. The Morgan fingerprint density at radius 3 is 2.88 bits per heavy atom. The van der Waals surface area contributed by atoms with Crippen LogP contribution >= 0.6 is 15.9 Å². The van der Waals surface area contributed by atoms with E-state index in [0.29, 0.717) is 21.2 Å². The number of carbonyl (C=O) groups is 1. The monoisotopic (exact) mass is 300 g/mol. The molecule has 0 saturated carbocycles. The Kier molecular flexibility index (Phi) is 3.08. The molecule has 2 aromatic rings. The van der Waals surface area contributed by atoms with Gasteiger partial charge in [-0.2, -0.15) is 0 Å². The van der Waals surface area contributed by atoms with Crippen molar-refractivity contribution in [2.45, 2.75) is 6.10 Å². The van der Waals surface area contributed by atoms with Crippen LogP contribution < -0.4 is 4.74 Å². The van der Waals surface area contributed by atoms with Crippen LogP contribution in [0.25, 0.3) is 11.0 Å². The van der Waals surface area contributed by atoms with E-state index in [1.165, 1.54) is 19.4 Å². The summed E-state index contributed by atoms with van der Waals surface area (Å²) in [6.07, 6.45) is -0.146. The van der Waals surface area contributed by atoms with Crippen molar-refractivity contribution in [3.05, 3.63) is 28.4 Å². The molecular weight excluding hydrogens is 292 g/mol. The maximum atomic E-state index is 10.8. The van der Waals surface area contributed by atoms with Crippen LogP contribution in [0.3, 0.4) is 0 Å². The van der Waals surface area contributed by atoms with E-state index in [2.05, 4.69) is 15.9 Å². The van der Waals surface area contributed by atoms with Gasteiger partial charge in [0.2, 0.25) is 0 Å². The minimum Gasteiger partial charge on any atom is -0.493 e. The van der Waals surface area contributed by atoms with Crippen molar-refractivity contribution < 1.29 is 24.2 Å². The molecule has 1 atom stereocenters. The van der Waals surface area contributed by atoms with Crippen molar-refractivity contribution in [1.82, 2.24) is 0 Å². The fourth-order valence-electron chi connectivity index (χ4n) is 1.58. The van der Waals surface area contributed by atoms with Crippen LogP contribution in [0, 0.1) is 0 Å². The number of fused-ring (bicyclic) bond motifs is 1. The van der Waals surface area contributed by atoms with Crippen LogP contribution in [-0.2, 0) is 4.79 Å². The second kappa shape index (κ2) is 4.38. The number of furan rings is 1. The summed E-state index contributed by atoms with van der Waals surface area (Å²) in [7, 11) is 1.45. The molecule has 1 unspecified atom stereocenters. The number of rotatable bonds is 3. The van der Waals surface area contributed by atoms with Gasteiger partial charge in [-0.15, -0.1) is 0 Å². The molecule has 5 nitrogen and oxygen atoms in total. The fourth-order valence-corrected chi connectivity index (χ4v) is 2.23. The third-order valence-electron chi connectivity index (χ3n) is 2.41. The lowest BCUT2D eigenvalue weighted by molar-refractivity contribution is -0.147. The molecule has 0 aliphatic carbocycles. The van der Waals surface area contributed by atoms with Crippen molar-refractivity contribution in [3.8, 4) is 5.75 Å². The van der Waals surface area contributed by atoms with E-state index in [0.717, 1.165) is 0 Å². The van der Waals surface area contributed by atoms with Gasteiger partial charge in [0, 0.05) is 15.4 Å². The van der Waals surface area contributed by atoms with E-state index in [9.17, 15) is 9.90 Å². The number of methoxy groups -OCH3 is 1. The predicted molar refractivity (Wildman–Crippen MR) is 63.1 cm³/mol. The Balaban J connectivity index is 2.71. The summed E-state index contributed by atoms with van der Waals surface area (Å²) in [5, 5.41) is 19.0. The summed E-state index contributed by atoms with van der Waals surface area (Å²) < 4.78 is 10.8. The molecule has 0 amide bonds. The number of ether oxygens (including phenoxy) is 1. The molecule has 1 heterocycles. The standard InChI is InChI=1S/C11H9BrO5/c1-16-7-4-6(9(13)11(14)15)8(12)5-2-3-17-10(5)7/h2-4,9,13H,1H3,(H,14,15). The zero-order valence-corrected chi connectivity index (χ0v) is 10.4. The second-order valence-corrected chi connectivity index (χ2v) is 4.18. The summed E-state index contributed by atoms with van der Waals surface area (Å²) in [6, 6.07) is 3.11. The first-order chi connectivity index (χ1) is 8.06. The zero-order valence-electron chi connectivity index (χ0n) is 8.81. The van der Waals surface area contributed by atoms with E-state index in [1.54, 1.807) is 6.07 Å². The highest BCUT2D eigenvalue weighted by atomic mass is 79.9. The molecule has 0 aliphatic rings. The minimum absolute atomic E-state index is 0.225. The average molecular weight is 301 g/mol. The first-order valence-electron chi connectivity index (χ1n) is 4.70. The second-order valence-electron chi connectivity index (χ2n) is 3.39. The Hall–Kier alpha value is -1.53. The molecule has 90 valence electrons. The largest absolute Gasteiger partial charge is 0.493 e. The van der Waals surface area contributed by atoms with Crippen molar-refractivity contribution in [2.24, 2.45) is 0 Å². The first kappa shape index (κ1) is 11.9. The van der Waals surface area contributed by atoms with Crippen molar-refractivity contribution in [1.29, 1.82) is 0 Å². The average Bonchev–Trinajstić information content (AvgIpc) is 2.78. The van der Waals surface area contributed by atoms with Gasteiger partial charge in [0.15, 0.2) is 17.4 Å². The fraction of sp³-hybridized carbons (Fsp3) is 0.182. The lowest BCUT2D eigenvalue weighted by Gasteiger charge is -2.11. The smallest absolute Gasteiger partial charge is 0.337 e. The maximum Gasteiger partial charge on any atom is 0.337 e. The third kappa shape index (κ3) is 1.89. The normalized spacial score (nSPS) is 12.6. The molecule has 1 aromatic heterocycles. The van der Waals surface area contributed by atoms with Crippen molar-refractivity contribution >= 4 is 32.9 Å². The Morgan fingerprint density at radius 1 is 1.59 bits per heavy atom. The van der Waals surface area contributed by atoms with Gasteiger partial charge in [-0.05, 0) is 28.1 Å². The molecule has 6 heteroatoms. The van der Waals surface area contributed by atoms with Gasteiger partial charge in [-0.25, -0.2) is 4.79 Å². The highest BCUT2D eigenvalue weighted by molar-refractivity contribution is 9.10. The molecular formula is C11H9BrO5. The summed E-state index contributed by atoms with van der Waals surface area (Å²) in [5.41, 5.74) is 0.726. The van der Waals surface area contributed by atoms with Crippen LogP contribution in [0.2, 0.25) is 0 Å². The van der Waals surface area contributed by atoms with Gasteiger partial charge >= 0.3 is 5.97 Å². The summed E-state index contributed by atoms with van der Waals surface area (Å²) in [4.78, 5) is 10.8. The van der Waals surface area contributed by atoms with Gasteiger partial charge in [0.05, 0.1) is 13.4 Å². The Labute approximate surface area is 105 Å². The maximum absolute atomic E-state index is 10.8. The third-order valence-corrected chi connectivity index (χ3v) is 3.30. The summed E-state index contributed by atoms with van der Waals surface area (Å²) >= 11 is 3.25. The highest BCUT2D eigenvalue weighted by Gasteiger charge is 2.23. The van der Waals surface area contributed by atoms with Crippen LogP contribution in [0.4, 0.5) is 0 Å². The van der Waals surface area contributed by atoms with E-state index in [-0.39, 0.29) is 5.56 Å². The number of aliphatic hydroxyl groups excluding tert-OH is 1. The van der Waals surface area contributed by atoms with Gasteiger partial charge < -0.3 is 19.4 Å².